The van der Waals surface area contributed by atoms with Gasteiger partial charge in [-0.25, -0.2) is 0 Å². The van der Waals surface area contributed by atoms with Gasteiger partial charge in [0.05, 0.1) is 0 Å². The van der Waals surface area contributed by atoms with Crippen molar-refractivity contribution in [2.75, 3.05) is 5.32 Å². The summed E-state index contributed by atoms with van der Waals surface area (Å²) in [6.07, 6.45) is 6.95. The molecule has 1 aromatic carbocycles. The highest BCUT2D eigenvalue weighted by atomic mass is 16.1. The number of benzene rings is 1. The quantitative estimate of drug-likeness (QED) is 0.816. The number of hydrogen-bond acceptors (Lipinski definition) is 2. The smallest absolute Gasteiger partial charge is 0.227 e. The van der Waals surface area contributed by atoms with E-state index in [1.807, 2.05) is 31.2 Å². The number of carbonyl (C=O) groups excluding carboxylic acids is 1. The van der Waals surface area contributed by atoms with Gasteiger partial charge in [-0.2, -0.15) is 0 Å². The molecule has 1 amide bonds. The molecule has 3 N–H and O–H groups in total. The molecular weight excluding hydrogens is 236 g/mol. The summed E-state index contributed by atoms with van der Waals surface area (Å²) in [6.45, 7) is 1.95. The SMILES string of the molecule is CC(N)c1cccc(NC(=O)C2CCCCCC2)c1. The van der Waals surface area contributed by atoms with E-state index in [0.717, 1.165) is 24.1 Å². The largest absolute Gasteiger partial charge is 0.326 e. The van der Waals surface area contributed by atoms with Crippen molar-refractivity contribution >= 4 is 11.6 Å². The molecule has 0 bridgehead atoms. The van der Waals surface area contributed by atoms with Crippen molar-refractivity contribution in [2.24, 2.45) is 11.7 Å². The lowest BCUT2D eigenvalue weighted by atomic mass is 9.99. The predicted molar refractivity (Wildman–Crippen MR) is 78.9 cm³/mol. The third-order valence-corrected chi connectivity index (χ3v) is 3.91. The topological polar surface area (TPSA) is 55.1 Å². The number of nitrogens with two attached hydrogens (primary N) is 1. The molecule has 19 heavy (non-hydrogen) atoms. The van der Waals surface area contributed by atoms with Crippen LogP contribution < -0.4 is 11.1 Å². The fourth-order valence-electron chi connectivity index (χ4n) is 2.69. The molecule has 1 fully saturated rings. The molecule has 0 aliphatic heterocycles. The maximum absolute atomic E-state index is 12.3. The number of hydrogen-bond donors (Lipinski definition) is 2. The summed E-state index contributed by atoms with van der Waals surface area (Å²) in [5, 5.41) is 3.04. The minimum absolute atomic E-state index is 0.00488. The summed E-state index contributed by atoms with van der Waals surface area (Å²) in [5.41, 5.74) is 7.78. The van der Waals surface area contributed by atoms with Gasteiger partial charge in [-0.05, 0) is 37.5 Å². The summed E-state index contributed by atoms with van der Waals surface area (Å²) in [6, 6.07) is 7.84. The van der Waals surface area contributed by atoms with Gasteiger partial charge in [0.1, 0.15) is 0 Å². The maximum atomic E-state index is 12.3. The van der Waals surface area contributed by atoms with Gasteiger partial charge in [-0.1, -0.05) is 37.8 Å². The molecule has 1 unspecified atom stereocenters. The summed E-state index contributed by atoms with van der Waals surface area (Å²) < 4.78 is 0. The van der Waals surface area contributed by atoms with Gasteiger partial charge >= 0.3 is 0 Å². The Bertz CT molecular complexity index is 421. The van der Waals surface area contributed by atoms with Crippen LogP contribution in [-0.4, -0.2) is 5.91 Å². The fraction of sp³-hybridized carbons (Fsp3) is 0.562. The van der Waals surface area contributed by atoms with Gasteiger partial charge in [0.15, 0.2) is 0 Å². The molecule has 0 aromatic heterocycles. The first kappa shape index (κ1) is 14.1. The molecule has 2 rings (SSSR count). The molecule has 1 aromatic rings. The maximum Gasteiger partial charge on any atom is 0.227 e. The van der Waals surface area contributed by atoms with Gasteiger partial charge in [0, 0.05) is 17.6 Å². The van der Waals surface area contributed by atoms with E-state index in [-0.39, 0.29) is 17.9 Å². The van der Waals surface area contributed by atoms with Crippen LogP contribution in [0.25, 0.3) is 0 Å². The molecule has 0 spiro atoms. The predicted octanol–water partition coefficient (Wildman–Crippen LogP) is 3.62. The van der Waals surface area contributed by atoms with E-state index in [9.17, 15) is 4.79 Å². The number of nitrogens with one attached hydrogen (secondary N) is 1. The highest BCUT2D eigenvalue weighted by Gasteiger charge is 2.20. The molecule has 1 aliphatic carbocycles. The van der Waals surface area contributed by atoms with Crippen molar-refractivity contribution in [2.45, 2.75) is 51.5 Å². The minimum Gasteiger partial charge on any atom is -0.326 e. The monoisotopic (exact) mass is 260 g/mol. The zero-order valence-electron chi connectivity index (χ0n) is 11.7. The van der Waals surface area contributed by atoms with Crippen LogP contribution in [0.2, 0.25) is 0 Å². The Labute approximate surface area is 115 Å². The molecule has 0 saturated heterocycles. The third kappa shape index (κ3) is 4.06. The molecule has 0 radical (unpaired) electrons. The van der Waals surface area contributed by atoms with Crippen LogP contribution in [0.4, 0.5) is 5.69 Å². The van der Waals surface area contributed by atoms with Crippen LogP contribution in [0.5, 0.6) is 0 Å². The Morgan fingerprint density at radius 3 is 2.58 bits per heavy atom. The lowest BCUT2D eigenvalue weighted by Gasteiger charge is -2.15. The van der Waals surface area contributed by atoms with Gasteiger partial charge < -0.3 is 11.1 Å². The second-order valence-electron chi connectivity index (χ2n) is 5.59. The normalized spacial score (nSPS) is 18.6. The Kier molecular flexibility index (Phi) is 4.97. The standard InChI is InChI=1S/C16H24N2O/c1-12(17)14-9-6-10-15(11-14)18-16(19)13-7-4-2-3-5-8-13/h6,9-13H,2-5,7-8,17H2,1H3,(H,18,19). The Balaban J connectivity index is 1.99. The molecule has 0 heterocycles. The Morgan fingerprint density at radius 1 is 1.26 bits per heavy atom. The van der Waals surface area contributed by atoms with E-state index in [0.29, 0.717) is 0 Å². The van der Waals surface area contributed by atoms with Crippen LogP contribution >= 0.6 is 0 Å². The van der Waals surface area contributed by atoms with E-state index >= 15 is 0 Å². The first-order valence-corrected chi connectivity index (χ1v) is 7.33. The lowest BCUT2D eigenvalue weighted by Crippen LogP contribution is -2.22. The van der Waals surface area contributed by atoms with Gasteiger partial charge in [-0.3, -0.25) is 4.79 Å². The number of amides is 1. The molecule has 3 nitrogen and oxygen atoms in total. The number of rotatable bonds is 3. The summed E-state index contributed by atoms with van der Waals surface area (Å²) in [7, 11) is 0. The summed E-state index contributed by atoms with van der Waals surface area (Å²) >= 11 is 0. The van der Waals surface area contributed by atoms with Crippen LogP contribution in [-0.2, 0) is 4.79 Å². The van der Waals surface area contributed by atoms with E-state index in [2.05, 4.69) is 5.32 Å². The van der Waals surface area contributed by atoms with Crippen LogP contribution in [0.15, 0.2) is 24.3 Å². The van der Waals surface area contributed by atoms with Crippen molar-refractivity contribution < 1.29 is 4.79 Å². The van der Waals surface area contributed by atoms with Crippen molar-refractivity contribution in [3.8, 4) is 0 Å². The second-order valence-corrected chi connectivity index (χ2v) is 5.59. The first-order chi connectivity index (χ1) is 9.16. The summed E-state index contributed by atoms with van der Waals surface area (Å²) in [4.78, 5) is 12.3. The van der Waals surface area contributed by atoms with E-state index in [4.69, 9.17) is 5.73 Å². The minimum atomic E-state index is -0.00488. The molecule has 1 atom stereocenters. The first-order valence-electron chi connectivity index (χ1n) is 7.33. The van der Waals surface area contributed by atoms with Crippen molar-refractivity contribution in [3.05, 3.63) is 29.8 Å². The lowest BCUT2D eigenvalue weighted by molar-refractivity contribution is -0.120. The third-order valence-electron chi connectivity index (χ3n) is 3.91. The van der Waals surface area contributed by atoms with Crippen molar-refractivity contribution in [1.29, 1.82) is 0 Å². The zero-order valence-corrected chi connectivity index (χ0v) is 11.7. The van der Waals surface area contributed by atoms with Crippen LogP contribution in [0.3, 0.4) is 0 Å². The van der Waals surface area contributed by atoms with E-state index in [1.165, 1.54) is 25.7 Å². The van der Waals surface area contributed by atoms with Crippen molar-refractivity contribution in [3.63, 3.8) is 0 Å². The van der Waals surface area contributed by atoms with E-state index in [1.54, 1.807) is 0 Å². The molecular formula is C16H24N2O. The molecule has 1 aliphatic rings. The van der Waals surface area contributed by atoms with Gasteiger partial charge in [-0.15, -0.1) is 0 Å². The van der Waals surface area contributed by atoms with E-state index < -0.39 is 0 Å². The fourth-order valence-corrected chi connectivity index (χ4v) is 2.69. The average molecular weight is 260 g/mol. The zero-order chi connectivity index (χ0) is 13.7. The second kappa shape index (κ2) is 6.71. The summed E-state index contributed by atoms with van der Waals surface area (Å²) in [5.74, 6) is 0.352. The highest BCUT2D eigenvalue weighted by Crippen LogP contribution is 2.24. The highest BCUT2D eigenvalue weighted by molar-refractivity contribution is 5.92. The Hall–Kier alpha value is -1.35. The number of carbonyl (C=O) groups is 1. The van der Waals surface area contributed by atoms with Gasteiger partial charge in [0.25, 0.3) is 0 Å². The Morgan fingerprint density at radius 2 is 1.95 bits per heavy atom. The molecule has 1 saturated carbocycles. The van der Waals surface area contributed by atoms with Crippen LogP contribution in [0.1, 0.15) is 57.1 Å². The van der Waals surface area contributed by atoms with Gasteiger partial charge in [0.2, 0.25) is 5.91 Å². The van der Waals surface area contributed by atoms with Crippen molar-refractivity contribution in [1.82, 2.24) is 0 Å². The molecule has 3 heteroatoms. The molecule has 104 valence electrons. The van der Waals surface area contributed by atoms with Crippen LogP contribution in [0, 0.1) is 5.92 Å². The average Bonchev–Trinajstić information content (AvgIpc) is 2.68. The number of anilines is 1.